The first kappa shape index (κ1) is 20.0. The fourth-order valence-electron chi connectivity index (χ4n) is 2.29. The van der Waals surface area contributed by atoms with Crippen molar-refractivity contribution in [2.45, 2.75) is 25.4 Å². The Morgan fingerprint density at radius 3 is 1.88 bits per heavy atom. The van der Waals surface area contributed by atoms with E-state index in [0.29, 0.717) is 17.7 Å². The molecule has 0 aliphatic carbocycles. The molecule has 0 saturated carbocycles. The lowest BCUT2D eigenvalue weighted by Gasteiger charge is -2.19. The molecule has 140 valence electrons. The van der Waals surface area contributed by atoms with Crippen LogP contribution in [-0.4, -0.2) is 6.61 Å². The van der Waals surface area contributed by atoms with E-state index >= 15 is 0 Å². The molecule has 0 radical (unpaired) electrons. The van der Waals surface area contributed by atoms with Crippen LogP contribution in [0.2, 0.25) is 0 Å². The van der Waals surface area contributed by atoms with Gasteiger partial charge in [0.2, 0.25) is 0 Å². The molecule has 0 amide bonds. The molecule has 0 aliphatic rings. The molecular formula is C19H16F6O. The van der Waals surface area contributed by atoms with E-state index in [2.05, 4.69) is 6.58 Å². The lowest BCUT2D eigenvalue weighted by Crippen LogP contribution is -2.13. The SMILES string of the molecule is C=C(COC(C)c1cc(C(F)(F)F)cc(C(F)(F)F)c1)c1ccccc1. The van der Waals surface area contributed by atoms with E-state index in [-0.39, 0.29) is 18.2 Å². The van der Waals surface area contributed by atoms with Crippen molar-refractivity contribution in [3.8, 4) is 0 Å². The first-order chi connectivity index (χ1) is 12.0. The number of halogens is 6. The van der Waals surface area contributed by atoms with Gasteiger partial charge in [-0.2, -0.15) is 26.3 Å². The van der Waals surface area contributed by atoms with Crippen LogP contribution in [0.1, 0.15) is 35.3 Å². The molecule has 0 aromatic heterocycles. The van der Waals surface area contributed by atoms with Crippen LogP contribution in [0.3, 0.4) is 0 Å². The van der Waals surface area contributed by atoms with E-state index in [1.165, 1.54) is 6.92 Å². The zero-order valence-electron chi connectivity index (χ0n) is 13.8. The van der Waals surface area contributed by atoms with Crippen LogP contribution in [0.15, 0.2) is 55.1 Å². The maximum atomic E-state index is 12.9. The van der Waals surface area contributed by atoms with Crippen LogP contribution < -0.4 is 0 Å². The first-order valence-electron chi connectivity index (χ1n) is 7.62. The molecule has 0 spiro atoms. The Morgan fingerprint density at radius 2 is 1.42 bits per heavy atom. The summed E-state index contributed by atoms with van der Waals surface area (Å²) in [4.78, 5) is 0. The second-order valence-corrected chi connectivity index (χ2v) is 5.76. The molecule has 7 heteroatoms. The number of alkyl halides is 6. The van der Waals surface area contributed by atoms with Gasteiger partial charge in [0.15, 0.2) is 0 Å². The molecule has 0 N–H and O–H groups in total. The Hall–Kier alpha value is -2.28. The third kappa shape index (κ3) is 5.11. The molecular weight excluding hydrogens is 358 g/mol. The summed E-state index contributed by atoms with van der Waals surface area (Å²) in [6.45, 7) is 5.19. The van der Waals surface area contributed by atoms with E-state index < -0.39 is 29.6 Å². The van der Waals surface area contributed by atoms with Gasteiger partial charge in [0, 0.05) is 0 Å². The Kier molecular flexibility index (Phi) is 5.81. The molecule has 1 nitrogen and oxygen atoms in total. The zero-order valence-corrected chi connectivity index (χ0v) is 13.8. The Balaban J connectivity index is 2.22. The summed E-state index contributed by atoms with van der Waals surface area (Å²) in [5.41, 5.74) is -1.58. The summed E-state index contributed by atoms with van der Waals surface area (Å²) >= 11 is 0. The number of hydrogen-bond acceptors (Lipinski definition) is 1. The second kappa shape index (κ2) is 7.53. The minimum atomic E-state index is -4.89. The van der Waals surface area contributed by atoms with Crippen LogP contribution in [0, 0.1) is 0 Å². The molecule has 2 aromatic carbocycles. The summed E-state index contributed by atoms with van der Waals surface area (Å²) in [5.74, 6) is 0. The van der Waals surface area contributed by atoms with Crippen molar-refractivity contribution in [1.29, 1.82) is 0 Å². The van der Waals surface area contributed by atoms with E-state index in [1.807, 2.05) is 6.07 Å². The number of rotatable bonds is 5. The van der Waals surface area contributed by atoms with Gasteiger partial charge in [0.25, 0.3) is 0 Å². The van der Waals surface area contributed by atoms with Crippen LogP contribution in [0.4, 0.5) is 26.3 Å². The summed E-state index contributed by atoms with van der Waals surface area (Å²) in [6.07, 6.45) is -10.7. The van der Waals surface area contributed by atoms with Gasteiger partial charge in [-0.1, -0.05) is 36.9 Å². The normalized spacial score (nSPS) is 13.5. The molecule has 0 fully saturated rings. The summed E-state index contributed by atoms with van der Waals surface area (Å²) in [5, 5.41) is 0. The lowest BCUT2D eigenvalue weighted by molar-refractivity contribution is -0.143. The highest BCUT2D eigenvalue weighted by Crippen LogP contribution is 2.38. The maximum absolute atomic E-state index is 12.9. The van der Waals surface area contributed by atoms with Crippen molar-refractivity contribution in [2.24, 2.45) is 0 Å². The van der Waals surface area contributed by atoms with Crippen molar-refractivity contribution < 1.29 is 31.1 Å². The Morgan fingerprint density at radius 1 is 0.923 bits per heavy atom. The van der Waals surface area contributed by atoms with Crippen molar-refractivity contribution in [1.82, 2.24) is 0 Å². The van der Waals surface area contributed by atoms with Gasteiger partial charge in [0.1, 0.15) is 0 Å². The fraction of sp³-hybridized carbons (Fsp3) is 0.263. The standard InChI is InChI=1S/C19H16F6O/c1-12(14-6-4-3-5-7-14)11-26-13(2)15-8-16(18(20,21)22)10-17(9-15)19(23,24)25/h3-10,13H,1,11H2,2H3. The third-order valence-electron chi connectivity index (χ3n) is 3.77. The highest BCUT2D eigenvalue weighted by Gasteiger charge is 2.37. The molecule has 0 aliphatic heterocycles. The average Bonchev–Trinajstić information content (AvgIpc) is 2.58. The van der Waals surface area contributed by atoms with E-state index in [1.54, 1.807) is 24.3 Å². The molecule has 2 rings (SSSR count). The van der Waals surface area contributed by atoms with E-state index in [0.717, 1.165) is 5.56 Å². The highest BCUT2D eigenvalue weighted by atomic mass is 19.4. The molecule has 1 unspecified atom stereocenters. The minimum absolute atomic E-state index is 0.0250. The fourth-order valence-corrected chi connectivity index (χ4v) is 2.29. The topological polar surface area (TPSA) is 9.23 Å². The van der Waals surface area contributed by atoms with Crippen molar-refractivity contribution in [3.63, 3.8) is 0 Å². The molecule has 1 atom stereocenters. The van der Waals surface area contributed by atoms with Crippen LogP contribution in [0.5, 0.6) is 0 Å². The Bertz CT molecular complexity index is 730. The largest absolute Gasteiger partial charge is 0.416 e. The van der Waals surface area contributed by atoms with E-state index in [4.69, 9.17) is 4.74 Å². The van der Waals surface area contributed by atoms with Crippen molar-refractivity contribution in [2.75, 3.05) is 6.61 Å². The van der Waals surface area contributed by atoms with Gasteiger partial charge in [-0.25, -0.2) is 0 Å². The van der Waals surface area contributed by atoms with Gasteiger partial charge in [0.05, 0.1) is 23.8 Å². The minimum Gasteiger partial charge on any atom is -0.369 e. The summed E-state index contributed by atoms with van der Waals surface area (Å²) < 4.78 is 82.9. The van der Waals surface area contributed by atoms with Crippen LogP contribution in [-0.2, 0) is 17.1 Å². The van der Waals surface area contributed by atoms with Gasteiger partial charge in [-0.15, -0.1) is 0 Å². The van der Waals surface area contributed by atoms with Gasteiger partial charge in [-0.3, -0.25) is 0 Å². The van der Waals surface area contributed by atoms with Gasteiger partial charge >= 0.3 is 12.4 Å². The quantitative estimate of drug-likeness (QED) is 0.542. The van der Waals surface area contributed by atoms with Crippen LogP contribution >= 0.6 is 0 Å². The molecule has 26 heavy (non-hydrogen) atoms. The number of hydrogen-bond donors (Lipinski definition) is 0. The molecule has 0 saturated heterocycles. The molecule has 0 bridgehead atoms. The monoisotopic (exact) mass is 374 g/mol. The van der Waals surface area contributed by atoms with Gasteiger partial charge in [-0.05, 0) is 41.8 Å². The van der Waals surface area contributed by atoms with Crippen molar-refractivity contribution in [3.05, 3.63) is 77.4 Å². The second-order valence-electron chi connectivity index (χ2n) is 5.76. The number of ether oxygens (including phenoxy) is 1. The predicted molar refractivity (Wildman–Crippen MR) is 86.3 cm³/mol. The first-order valence-corrected chi connectivity index (χ1v) is 7.62. The van der Waals surface area contributed by atoms with Gasteiger partial charge < -0.3 is 4.74 Å². The number of benzene rings is 2. The summed E-state index contributed by atoms with van der Waals surface area (Å²) in [6, 6.07) is 10.4. The summed E-state index contributed by atoms with van der Waals surface area (Å²) in [7, 11) is 0. The lowest BCUT2D eigenvalue weighted by atomic mass is 10.0. The Labute approximate surface area is 146 Å². The van der Waals surface area contributed by atoms with Crippen LogP contribution in [0.25, 0.3) is 5.57 Å². The highest BCUT2D eigenvalue weighted by molar-refractivity contribution is 5.63. The van der Waals surface area contributed by atoms with E-state index in [9.17, 15) is 26.3 Å². The molecule has 0 heterocycles. The molecule has 2 aromatic rings. The smallest absolute Gasteiger partial charge is 0.369 e. The third-order valence-corrected chi connectivity index (χ3v) is 3.77. The zero-order chi connectivity index (χ0) is 19.5. The van der Waals surface area contributed by atoms with Crippen molar-refractivity contribution >= 4 is 5.57 Å². The maximum Gasteiger partial charge on any atom is 0.416 e. The average molecular weight is 374 g/mol. The predicted octanol–water partition coefficient (Wildman–Crippen LogP) is 6.52.